The minimum absolute atomic E-state index is 0.0366. The van der Waals surface area contributed by atoms with Gasteiger partial charge in [-0.3, -0.25) is 14.5 Å². The van der Waals surface area contributed by atoms with Crippen molar-refractivity contribution in [3.05, 3.63) is 75.1 Å². The molecule has 0 radical (unpaired) electrons. The summed E-state index contributed by atoms with van der Waals surface area (Å²) in [6, 6.07) is 11.6. The number of sulfonamides is 1. The predicted octanol–water partition coefficient (Wildman–Crippen LogP) is 2.97. The van der Waals surface area contributed by atoms with Crippen LogP contribution in [0.1, 0.15) is 35.1 Å². The fourth-order valence-corrected chi connectivity index (χ4v) is 4.75. The van der Waals surface area contributed by atoms with Gasteiger partial charge in [-0.15, -0.1) is 0 Å². The number of esters is 1. The Hall–Kier alpha value is -3.46. The van der Waals surface area contributed by atoms with Gasteiger partial charge < -0.3 is 9.15 Å². The highest BCUT2D eigenvalue weighted by Crippen LogP contribution is 2.23. The van der Waals surface area contributed by atoms with Crippen molar-refractivity contribution < 1.29 is 22.4 Å². The first kappa shape index (κ1) is 21.8. The summed E-state index contributed by atoms with van der Waals surface area (Å²) in [5.74, 6) is -0.148. The highest BCUT2D eigenvalue weighted by molar-refractivity contribution is 7.90. The average Bonchev–Trinajstić information content (AvgIpc) is 3.01. The summed E-state index contributed by atoms with van der Waals surface area (Å²) in [6.45, 7) is 4.11. The maximum Gasteiger partial charge on any atom is 0.336 e. The van der Waals surface area contributed by atoms with E-state index < -0.39 is 21.6 Å². The number of rotatable bonds is 6. The lowest BCUT2D eigenvalue weighted by molar-refractivity contribution is -0.145. The van der Waals surface area contributed by atoms with Gasteiger partial charge in [-0.25, -0.2) is 13.2 Å². The average molecular weight is 455 g/mol. The van der Waals surface area contributed by atoms with Gasteiger partial charge in [0.1, 0.15) is 18.0 Å². The highest BCUT2D eigenvalue weighted by Gasteiger charge is 2.29. The predicted molar refractivity (Wildman–Crippen MR) is 119 cm³/mol. The number of hydrogen-bond donors (Lipinski definition) is 1. The summed E-state index contributed by atoms with van der Waals surface area (Å²) in [4.78, 5) is 28.5. The van der Waals surface area contributed by atoms with E-state index in [0.717, 1.165) is 16.5 Å². The van der Waals surface area contributed by atoms with Crippen LogP contribution in [0.25, 0.3) is 11.0 Å². The van der Waals surface area contributed by atoms with E-state index in [9.17, 15) is 18.0 Å². The second-order valence-corrected chi connectivity index (χ2v) is 9.27. The van der Waals surface area contributed by atoms with Gasteiger partial charge in [-0.2, -0.15) is 0 Å². The summed E-state index contributed by atoms with van der Waals surface area (Å²) in [5.41, 5.74) is 3.12. The first-order chi connectivity index (χ1) is 15.2. The minimum Gasteiger partial charge on any atom is -0.461 e. The van der Waals surface area contributed by atoms with Crippen LogP contribution in [0.2, 0.25) is 0 Å². The Morgan fingerprint density at radius 2 is 1.88 bits per heavy atom. The maximum atomic E-state index is 12.2. The molecule has 9 heteroatoms. The van der Waals surface area contributed by atoms with Crippen molar-refractivity contribution in [3.8, 4) is 0 Å². The molecule has 0 saturated carbocycles. The number of fused-ring (bicyclic) bond motifs is 2. The van der Waals surface area contributed by atoms with E-state index in [4.69, 9.17) is 9.15 Å². The molecule has 3 aromatic rings. The fraction of sp³-hybridized carbons (Fsp3) is 0.261. The Bertz CT molecular complexity index is 1410. The normalized spacial score (nSPS) is 15.5. The molecule has 166 valence electrons. The molecule has 32 heavy (non-hydrogen) atoms. The molecule has 0 unspecified atom stereocenters. The number of ether oxygens (including phenoxy) is 1. The third kappa shape index (κ3) is 4.43. The summed E-state index contributed by atoms with van der Waals surface area (Å²) in [6.07, 6.45) is 0.505. The summed E-state index contributed by atoms with van der Waals surface area (Å²) in [5, 5.41) is 0.735. The molecule has 0 atom stereocenters. The lowest BCUT2D eigenvalue weighted by Crippen LogP contribution is -2.22. The monoisotopic (exact) mass is 454 g/mol. The van der Waals surface area contributed by atoms with E-state index >= 15 is 0 Å². The lowest BCUT2D eigenvalue weighted by Gasteiger charge is -2.09. The molecule has 0 spiro atoms. The zero-order chi connectivity index (χ0) is 22.9. The van der Waals surface area contributed by atoms with E-state index in [2.05, 4.69) is 9.71 Å². The number of hydrogen-bond acceptors (Lipinski definition) is 7. The number of amidine groups is 1. The molecule has 1 N–H and O–H groups in total. The van der Waals surface area contributed by atoms with E-state index in [1.807, 2.05) is 19.9 Å². The van der Waals surface area contributed by atoms with Crippen molar-refractivity contribution in [1.82, 2.24) is 4.72 Å². The van der Waals surface area contributed by atoms with Gasteiger partial charge in [0.05, 0.1) is 4.90 Å². The molecule has 0 saturated heterocycles. The van der Waals surface area contributed by atoms with Gasteiger partial charge in [0.2, 0.25) is 0 Å². The van der Waals surface area contributed by atoms with Crippen molar-refractivity contribution >= 4 is 32.8 Å². The number of carbonyl (C=O) groups excluding carboxylic acids is 1. The Kier molecular flexibility index (Phi) is 5.84. The van der Waals surface area contributed by atoms with Crippen LogP contribution in [-0.4, -0.2) is 26.8 Å². The van der Waals surface area contributed by atoms with Crippen molar-refractivity contribution in [2.45, 2.75) is 38.2 Å². The minimum atomic E-state index is -3.58. The van der Waals surface area contributed by atoms with E-state index in [1.165, 1.54) is 12.1 Å². The van der Waals surface area contributed by atoms with Gasteiger partial charge in [-0.05, 0) is 55.7 Å². The quantitative estimate of drug-likeness (QED) is 0.348. The topological polar surface area (TPSA) is 115 Å². The zero-order valence-corrected chi connectivity index (χ0v) is 18.5. The van der Waals surface area contributed by atoms with Crippen molar-refractivity contribution in [2.75, 3.05) is 6.54 Å². The van der Waals surface area contributed by atoms with Crippen LogP contribution in [0.3, 0.4) is 0 Å². The molecule has 2 aromatic carbocycles. The van der Waals surface area contributed by atoms with Crippen LogP contribution in [0.15, 0.2) is 61.6 Å². The second-order valence-electron chi connectivity index (χ2n) is 7.62. The highest BCUT2D eigenvalue weighted by atomic mass is 32.2. The summed E-state index contributed by atoms with van der Waals surface area (Å²) < 4.78 is 37.2. The third-order valence-corrected chi connectivity index (χ3v) is 6.70. The molecule has 0 aliphatic carbocycles. The van der Waals surface area contributed by atoms with Crippen molar-refractivity contribution in [2.24, 2.45) is 4.99 Å². The Balaban J connectivity index is 1.36. The number of nitrogens with one attached hydrogen (secondary N) is 1. The standard InChI is InChI=1S/C23H22N2O6S/c1-14-10-18-16(12-22(27)31-19(18)11-15(14)2)13-30-21(26)8-5-9-24-23-17-6-3-4-7-20(17)32(28,29)25-23/h3-4,6-7,10-12H,5,8-9,13H2,1-2H3,(H,24,25). The number of nitrogens with zero attached hydrogens (tertiary/aromatic N) is 1. The molecule has 8 nitrogen and oxygen atoms in total. The largest absolute Gasteiger partial charge is 0.461 e. The SMILES string of the molecule is Cc1cc2oc(=O)cc(COC(=O)CCCN=C3NS(=O)(=O)c4ccccc43)c2cc1C. The molecule has 1 aliphatic rings. The van der Waals surface area contributed by atoms with Gasteiger partial charge in [0.25, 0.3) is 10.0 Å². The van der Waals surface area contributed by atoms with Crippen LogP contribution in [0.4, 0.5) is 0 Å². The molecular weight excluding hydrogens is 432 g/mol. The van der Waals surface area contributed by atoms with Crippen LogP contribution in [-0.2, 0) is 26.2 Å². The van der Waals surface area contributed by atoms with Gasteiger partial charge >= 0.3 is 11.6 Å². The maximum absolute atomic E-state index is 12.2. The van der Waals surface area contributed by atoms with Crippen molar-refractivity contribution in [1.29, 1.82) is 0 Å². The molecular formula is C23H22N2O6S. The molecule has 0 bridgehead atoms. The Morgan fingerprint density at radius 1 is 1.12 bits per heavy atom. The first-order valence-electron chi connectivity index (χ1n) is 10.1. The molecule has 1 aliphatic heterocycles. The molecule has 1 aromatic heterocycles. The number of carbonyl (C=O) groups is 1. The number of benzene rings is 2. The van der Waals surface area contributed by atoms with Crippen LogP contribution >= 0.6 is 0 Å². The molecule has 0 amide bonds. The van der Waals surface area contributed by atoms with Gasteiger partial charge in [0.15, 0.2) is 0 Å². The lowest BCUT2D eigenvalue weighted by atomic mass is 10.0. The summed E-state index contributed by atoms with van der Waals surface area (Å²) in [7, 11) is -3.58. The molecule has 2 heterocycles. The second kappa shape index (κ2) is 8.58. The fourth-order valence-electron chi connectivity index (χ4n) is 3.50. The van der Waals surface area contributed by atoms with Crippen molar-refractivity contribution in [3.63, 3.8) is 0 Å². The number of aryl methyl sites for hydroxylation is 2. The first-order valence-corrected chi connectivity index (χ1v) is 11.6. The smallest absolute Gasteiger partial charge is 0.336 e. The Morgan fingerprint density at radius 3 is 2.69 bits per heavy atom. The van der Waals surface area contributed by atoms with E-state index in [-0.39, 0.29) is 30.3 Å². The van der Waals surface area contributed by atoms with Gasteiger partial charge in [-0.1, -0.05) is 12.1 Å². The molecule has 4 rings (SSSR count). The van der Waals surface area contributed by atoms with Crippen LogP contribution < -0.4 is 10.3 Å². The molecule has 0 fully saturated rings. The van der Waals surface area contributed by atoms with Crippen LogP contribution in [0.5, 0.6) is 0 Å². The third-order valence-electron chi connectivity index (χ3n) is 5.30. The van der Waals surface area contributed by atoms with E-state index in [0.29, 0.717) is 23.1 Å². The summed E-state index contributed by atoms with van der Waals surface area (Å²) >= 11 is 0. The van der Waals surface area contributed by atoms with Gasteiger partial charge in [0, 0.05) is 35.5 Å². The van der Waals surface area contributed by atoms with E-state index in [1.54, 1.807) is 24.3 Å². The van der Waals surface area contributed by atoms with Crippen LogP contribution in [0, 0.1) is 13.8 Å². The Labute approximate surface area is 185 Å². The number of aliphatic imine (C=N–C) groups is 1. The zero-order valence-electron chi connectivity index (χ0n) is 17.7.